The van der Waals surface area contributed by atoms with Crippen molar-refractivity contribution in [1.29, 1.82) is 0 Å². The Morgan fingerprint density at radius 1 is 1.30 bits per heavy atom. The van der Waals surface area contributed by atoms with Gasteiger partial charge >= 0.3 is 0 Å². The summed E-state index contributed by atoms with van der Waals surface area (Å²) >= 11 is 7.50. The summed E-state index contributed by atoms with van der Waals surface area (Å²) in [5, 5.41) is 3.29. The minimum absolute atomic E-state index is 0.421. The zero-order chi connectivity index (χ0) is 14.4. The third kappa shape index (κ3) is 4.16. The molecule has 0 radical (unpaired) electrons. The lowest BCUT2D eigenvalue weighted by molar-refractivity contribution is 0.128. The number of hydrogen-bond acceptors (Lipinski definition) is 5. The minimum Gasteiger partial charge on any atom is -0.374 e. The van der Waals surface area contributed by atoms with Crippen LogP contribution in [0.3, 0.4) is 0 Å². The van der Waals surface area contributed by atoms with Crippen LogP contribution in [0.5, 0.6) is 0 Å². The fourth-order valence-corrected chi connectivity index (χ4v) is 2.68. The van der Waals surface area contributed by atoms with Gasteiger partial charge in [0, 0.05) is 19.2 Å². The van der Waals surface area contributed by atoms with Gasteiger partial charge in [-0.1, -0.05) is 18.5 Å². The molecule has 0 fully saturated rings. The molecule has 0 amide bonds. The maximum absolute atomic E-state index is 5.99. The molecule has 0 bridgehead atoms. The van der Waals surface area contributed by atoms with Crippen LogP contribution in [0.4, 0.5) is 5.82 Å². The third-order valence-corrected chi connectivity index (χ3v) is 3.84. The molecule has 108 valence electrons. The van der Waals surface area contributed by atoms with E-state index < -0.39 is 0 Å². The van der Waals surface area contributed by atoms with Crippen molar-refractivity contribution in [1.82, 2.24) is 9.97 Å². The summed E-state index contributed by atoms with van der Waals surface area (Å²) in [6, 6.07) is 5.81. The first kappa shape index (κ1) is 15.2. The van der Waals surface area contributed by atoms with Gasteiger partial charge in [0.1, 0.15) is 12.4 Å². The quantitative estimate of drug-likeness (QED) is 0.831. The zero-order valence-corrected chi connectivity index (χ0v) is 13.2. The number of anilines is 1. The van der Waals surface area contributed by atoms with Crippen LogP contribution in [0.1, 0.15) is 26.1 Å². The summed E-state index contributed by atoms with van der Waals surface area (Å²) in [4.78, 5) is 10.0. The van der Waals surface area contributed by atoms with Crippen LogP contribution in [0.25, 0.3) is 10.6 Å². The minimum atomic E-state index is 0.421. The first-order chi connectivity index (χ1) is 9.72. The number of rotatable bonds is 7. The van der Waals surface area contributed by atoms with E-state index in [-0.39, 0.29) is 0 Å². The van der Waals surface area contributed by atoms with Gasteiger partial charge in [0.15, 0.2) is 5.82 Å². The van der Waals surface area contributed by atoms with Crippen molar-refractivity contribution in [2.45, 2.75) is 26.9 Å². The van der Waals surface area contributed by atoms with Crippen LogP contribution in [0, 0.1) is 0 Å². The van der Waals surface area contributed by atoms with Crippen LogP contribution in [0.2, 0.25) is 4.34 Å². The molecule has 1 N–H and O–H groups in total. The average Bonchev–Trinajstić information content (AvgIpc) is 2.89. The van der Waals surface area contributed by atoms with Crippen LogP contribution >= 0.6 is 22.9 Å². The second-order valence-electron chi connectivity index (χ2n) is 4.22. The summed E-state index contributed by atoms with van der Waals surface area (Å²) < 4.78 is 6.16. The first-order valence-electron chi connectivity index (χ1n) is 6.68. The van der Waals surface area contributed by atoms with E-state index in [0.717, 1.165) is 33.7 Å². The van der Waals surface area contributed by atoms with Crippen LogP contribution in [-0.2, 0) is 11.3 Å². The molecular formula is C14H18ClN3OS. The molecule has 2 rings (SSSR count). The van der Waals surface area contributed by atoms with Crippen LogP contribution in [-0.4, -0.2) is 23.1 Å². The molecule has 0 unspecified atom stereocenters. The molecule has 0 atom stereocenters. The van der Waals surface area contributed by atoms with Gasteiger partial charge in [-0.25, -0.2) is 9.97 Å². The van der Waals surface area contributed by atoms with E-state index in [0.29, 0.717) is 19.0 Å². The van der Waals surface area contributed by atoms with Gasteiger partial charge in [0.2, 0.25) is 0 Å². The SMILES string of the molecule is CCCNc1cc(-c2ccc(Cl)s2)nc(COCC)n1. The lowest BCUT2D eigenvalue weighted by atomic mass is 10.3. The Labute approximate surface area is 128 Å². The lowest BCUT2D eigenvalue weighted by Gasteiger charge is -2.08. The maximum atomic E-state index is 5.99. The highest BCUT2D eigenvalue weighted by Crippen LogP contribution is 2.30. The van der Waals surface area contributed by atoms with Crippen molar-refractivity contribution in [2.24, 2.45) is 0 Å². The van der Waals surface area contributed by atoms with Gasteiger partial charge in [-0.05, 0) is 25.5 Å². The molecule has 2 aromatic rings. The first-order valence-corrected chi connectivity index (χ1v) is 7.87. The summed E-state index contributed by atoms with van der Waals surface area (Å²) in [5.74, 6) is 1.52. The van der Waals surface area contributed by atoms with Crippen LogP contribution < -0.4 is 5.32 Å². The summed E-state index contributed by atoms with van der Waals surface area (Å²) in [5.41, 5.74) is 0.880. The second kappa shape index (κ2) is 7.57. The van der Waals surface area contributed by atoms with Gasteiger partial charge in [0.05, 0.1) is 14.9 Å². The van der Waals surface area contributed by atoms with Gasteiger partial charge < -0.3 is 10.1 Å². The molecular weight excluding hydrogens is 294 g/mol. The zero-order valence-electron chi connectivity index (χ0n) is 11.6. The van der Waals surface area contributed by atoms with E-state index in [1.807, 2.05) is 25.1 Å². The molecule has 0 saturated carbocycles. The van der Waals surface area contributed by atoms with Crippen molar-refractivity contribution in [3.05, 3.63) is 28.4 Å². The van der Waals surface area contributed by atoms with Crippen molar-refractivity contribution < 1.29 is 4.74 Å². The molecule has 0 aliphatic heterocycles. The molecule has 0 aromatic carbocycles. The standard InChI is InChI=1S/C14H18ClN3OS/c1-3-7-16-13-8-10(11-5-6-12(15)20-11)17-14(18-13)9-19-4-2/h5-6,8H,3-4,7,9H2,1-2H3,(H,16,17,18). The Morgan fingerprint density at radius 2 is 2.15 bits per heavy atom. The molecule has 2 heterocycles. The van der Waals surface area contributed by atoms with Crippen molar-refractivity contribution >= 4 is 28.8 Å². The number of nitrogens with zero attached hydrogens (tertiary/aromatic N) is 2. The topological polar surface area (TPSA) is 47.0 Å². The largest absolute Gasteiger partial charge is 0.374 e. The monoisotopic (exact) mass is 311 g/mol. The Bertz CT molecular complexity index is 533. The highest BCUT2D eigenvalue weighted by Gasteiger charge is 2.09. The van der Waals surface area contributed by atoms with Gasteiger partial charge in [-0.3, -0.25) is 0 Å². The highest BCUT2D eigenvalue weighted by molar-refractivity contribution is 7.19. The predicted molar refractivity (Wildman–Crippen MR) is 84.5 cm³/mol. The smallest absolute Gasteiger partial charge is 0.157 e. The number of aromatic nitrogens is 2. The van der Waals surface area contributed by atoms with E-state index in [1.165, 1.54) is 11.3 Å². The number of hydrogen-bond donors (Lipinski definition) is 1. The summed E-state index contributed by atoms with van der Waals surface area (Å²) in [6.45, 7) is 6.03. The maximum Gasteiger partial charge on any atom is 0.157 e. The Morgan fingerprint density at radius 3 is 2.80 bits per heavy atom. The van der Waals surface area contributed by atoms with E-state index >= 15 is 0 Å². The van der Waals surface area contributed by atoms with Crippen molar-refractivity contribution in [2.75, 3.05) is 18.5 Å². The van der Waals surface area contributed by atoms with Gasteiger partial charge in [-0.15, -0.1) is 11.3 Å². The molecule has 0 aliphatic carbocycles. The normalized spacial score (nSPS) is 10.8. The Balaban J connectivity index is 2.29. The molecule has 0 saturated heterocycles. The van der Waals surface area contributed by atoms with E-state index in [9.17, 15) is 0 Å². The Hall–Kier alpha value is -1.17. The Kier molecular flexibility index (Phi) is 5.76. The van der Waals surface area contributed by atoms with Crippen LogP contribution in [0.15, 0.2) is 18.2 Å². The van der Waals surface area contributed by atoms with E-state index in [4.69, 9.17) is 16.3 Å². The van der Waals surface area contributed by atoms with Gasteiger partial charge in [0.25, 0.3) is 0 Å². The average molecular weight is 312 g/mol. The fraction of sp³-hybridized carbons (Fsp3) is 0.429. The molecule has 6 heteroatoms. The third-order valence-electron chi connectivity index (χ3n) is 2.59. The van der Waals surface area contributed by atoms with E-state index in [2.05, 4.69) is 22.2 Å². The molecule has 20 heavy (non-hydrogen) atoms. The van der Waals surface area contributed by atoms with Crippen molar-refractivity contribution in [3.8, 4) is 10.6 Å². The number of ether oxygens (including phenoxy) is 1. The van der Waals surface area contributed by atoms with Gasteiger partial charge in [-0.2, -0.15) is 0 Å². The summed E-state index contributed by atoms with van der Waals surface area (Å²) in [7, 11) is 0. The highest BCUT2D eigenvalue weighted by atomic mass is 35.5. The lowest BCUT2D eigenvalue weighted by Crippen LogP contribution is -2.07. The number of nitrogens with one attached hydrogen (secondary N) is 1. The molecule has 4 nitrogen and oxygen atoms in total. The predicted octanol–water partition coefficient (Wildman–Crippen LogP) is 4.22. The number of thiophene rings is 1. The summed E-state index contributed by atoms with van der Waals surface area (Å²) in [6.07, 6.45) is 1.05. The fourth-order valence-electron chi connectivity index (χ4n) is 1.68. The van der Waals surface area contributed by atoms with Crippen molar-refractivity contribution in [3.63, 3.8) is 0 Å². The second-order valence-corrected chi connectivity index (χ2v) is 5.94. The molecule has 2 aromatic heterocycles. The molecule has 0 spiro atoms. The number of halogens is 1. The molecule has 0 aliphatic rings. The van der Waals surface area contributed by atoms with E-state index in [1.54, 1.807) is 0 Å².